The molecule has 0 bridgehead atoms. The summed E-state index contributed by atoms with van der Waals surface area (Å²) in [6.45, 7) is 1.74. The number of aromatic nitrogens is 3. The van der Waals surface area contributed by atoms with Crippen LogP contribution in [0.1, 0.15) is 11.3 Å². The number of anilines is 2. The molecule has 24 heavy (non-hydrogen) atoms. The van der Waals surface area contributed by atoms with E-state index in [4.69, 9.17) is 11.6 Å². The summed E-state index contributed by atoms with van der Waals surface area (Å²) in [7, 11) is 1.74. The van der Waals surface area contributed by atoms with Crippen molar-refractivity contribution in [2.24, 2.45) is 7.05 Å². The van der Waals surface area contributed by atoms with Crippen molar-refractivity contribution in [2.45, 2.75) is 13.5 Å². The molecule has 6 nitrogen and oxygen atoms in total. The highest BCUT2D eigenvalue weighted by molar-refractivity contribution is 7.13. The molecule has 0 aliphatic carbocycles. The minimum Gasteiger partial charge on any atom is -0.392 e. The number of halogens is 1. The second-order valence-corrected chi connectivity index (χ2v) is 6.57. The van der Waals surface area contributed by atoms with Crippen LogP contribution < -0.4 is 10.2 Å². The van der Waals surface area contributed by atoms with Crippen LogP contribution in [0.15, 0.2) is 35.3 Å². The summed E-state index contributed by atoms with van der Waals surface area (Å²) in [4.78, 5) is 21.3. The van der Waals surface area contributed by atoms with Gasteiger partial charge < -0.3 is 15.0 Å². The molecular formula is C16H15ClN4O2S. The van der Waals surface area contributed by atoms with Gasteiger partial charge in [0.05, 0.1) is 17.2 Å². The molecular weight excluding hydrogens is 348 g/mol. The molecule has 0 aliphatic heterocycles. The SMILES string of the molecule is Cc1c(-c2ccnc(Nc3ccc(Cl)c(CO)c3)n2)sc(=O)n1C. The predicted octanol–water partition coefficient (Wildman–Crippen LogP) is 3.10. The highest BCUT2D eigenvalue weighted by Gasteiger charge is 2.12. The average molecular weight is 363 g/mol. The third-order valence-corrected chi connectivity index (χ3v) is 5.18. The second-order valence-electron chi connectivity index (χ2n) is 5.20. The zero-order valence-electron chi connectivity index (χ0n) is 13.1. The number of hydrogen-bond donors (Lipinski definition) is 2. The molecule has 0 radical (unpaired) electrons. The van der Waals surface area contributed by atoms with Crippen LogP contribution in [0.25, 0.3) is 10.6 Å². The van der Waals surface area contributed by atoms with Crippen molar-refractivity contribution in [1.82, 2.24) is 14.5 Å². The minimum atomic E-state index is -0.146. The molecule has 0 amide bonds. The fourth-order valence-electron chi connectivity index (χ4n) is 2.20. The van der Waals surface area contributed by atoms with E-state index in [0.29, 0.717) is 22.2 Å². The van der Waals surface area contributed by atoms with Gasteiger partial charge in [-0.25, -0.2) is 9.97 Å². The first-order valence-corrected chi connectivity index (χ1v) is 8.35. The second kappa shape index (κ2) is 6.72. The standard InChI is InChI=1S/C16H15ClN4O2S/c1-9-14(24-16(23)21(9)2)13-5-6-18-15(20-13)19-11-3-4-12(17)10(7-11)8-22/h3-7,22H,8H2,1-2H3,(H,18,19,20). The lowest BCUT2D eigenvalue weighted by Gasteiger charge is -2.08. The van der Waals surface area contributed by atoms with Crippen molar-refractivity contribution < 1.29 is 5.11 Å². The van der Waals surface area contributed by atoms with Crippen LogP contribution in [0, 0.1) is 6.92 Å². The Labute approximate surface area is 147 Å². The van der Waals surface area contributed by atoms with E-state index in [-0.39, 0.29) is 11.5 Å². The van der Waals surface area contributed by atoms with E-state index in [0.717, 1.165) is 27.6 Å². The monoisotopic (exact) mass is 362 g/mol. The van der Waals surface area contributed by atoms with Gasteiger partial charge in [0, 0.05) is 29.6 Å². The summed E-state index contributed by atoms with van der Waals surface area (Å²) in [5.74, 6) is 0.404. The van der Waals surface area contributed by atoms with Gasteiger partial charge in [0.15, 0.2) is 0 Å². The topological polar surface area (TPSA) is 80.0 Å². The first kappa shape index (κ1) is 16.6. The van der Waals surface area contributed by atoms with Crippen LogP contribution in [0.4, 0.5) is 11.6 Å². The fraction of sp³-hybridized carbons (Fsp3) is 0.188. The Bertz CT molecular complexity index is 951. The Morgan fingerprint density at radius 3 is 2.83 bits per heavy atom. The molecule has 3 rings (SSSR count). The lowest BCUT2D eigenvalue weighted by Crippen LogP contribution is -2.08. The zero-order valence-corrected chi connectivity index (χ0v) is 14.6. The summed E-state index contributed by atoms with van der Waals surface area (Å²) in [6.07, 6.45) is 1.64. The molecule has 0 saturated carbocycles. The molecule has 0 saturated heterocycles. The van der Waals surface area contributed by atoms with E-state index in [2.05, 4.69) is 15.3 Å². The van der Waals surface area contributed by atoms with Crippen molar-refractivity contribution in [3.05, 3.63) is 56.4 Å². The van der Waals surface area contributed by atoms with E-state index in [9.17, 15) is 9.90 Å². The van der Waals surface area contributed by atoms with Crippen LogP contribution in [0.3, 0.4) is 0 Å². The molecule has 0 spiro atoms. The highest BCUT2D eigenvalue weighted by atomic mass is 35.5. The summed E-state index contributed by atoms with van der Waals surface area (Å²) in [5, 5.41) is 12.9. The van der Waals surface area contributed by atoms with E-state index >= 15 is 0 Å². The Kier molecular flexibility index (Phi) is 4.66. The maximum absolute atomic E-state index is 11.8. The van der Waals surface area contributed by atoms with Gasteiger partial charge in [-0.05, 0) is 36.8 Å². The number of benzene rings is 1. The van der Waals surface area contributed by atoms with Gasteiger partial charge in [-0.1, -0.05) is 22.9 Å². The summed E-state index contributed by atoms with van der Waals surface area (Å²) in [5.41, 5.74) is 2.89. The highest BCUT2D eigenvalue weighted by Crippen LogP contribution is 2.26. The Morgan fingerprint density at radius 2 is 2.17 bits per heavy atom. The Morgan fingerprint density at radius 1 is 1.38 bits per heavy atom. The van der Waals surface area contributed by atoms with Gasteiger partial charge in [-0.15, -0.1) is 0 Å². The maximum atomic E-state index is 11.8. The van der Waals surface area contributed by atoms with E-state index in [1.165, 1.54) is 0 Å². The normalized spacial score (nSPS) is 10.8. The van der Waals surface area contributed by atoms with Crippen LogP contribution in [-0.4, -0.2) is 19.6 Å². The van der Waals surface area contributed by atoms with Gasteiger partial charge in [0.25, 0.3) is 0 Å². The molecule has 0 aliphatic rings. The maximum Gasteiger partial charge on any atom is 0.307 e. The van der Waals surface area contributed by atoms with Gasteiger partial charge in [-0.3, -0.25) is 4.79 Å². The third-order valence-electron chi connectivity index (χ3n) is 3.66. The summed E-state index contributed by atoms with van der Waals surface area (Å²) < 4.78 is 1.60. The lowest BCUT2D eigenvalue weighted by atomic mass is 10.2. The van der Waals surface area contributed by atoms with Crippen LogP contribution in [-0.2, 0) is 13.7 Å². The largest absolute Gasteiger partial charge is 0.392 e. The molecule has 2 heterocycles. The molecule has 0 fully saturated rings. The molecule has 2 N–H and O–H groups in total. The number of aliphatic hydroxyl groups is 1. The van der Waals surface area contributed by atoms with Crippen LogP contribution in [0.2, 0.25) is 5.02 Å². The molecule has 0 atom stereocenters. The number of nitrogens with zero attached hydrogens (tertiary/aromatic N) is 3. The Balaban J connectivity index is 1.93. The first-order chi connectivity index (χ1) is 11.5. The molecule has 124 valence electrons. The van der Waals surface area contributed by atoms with Gasteiger partial charge in [0.1, 0.15) is 0 Å². The van der Waals surface area contributed by atoms with E-state index in [1.807, 2.05) is 6.92 Å². The molecule has 8 heteroatoms. The molecule has 3 aromatic rings. The van der Waals surface area contributed by atoms with Crippen LogP contribution in [0.5, 0.6) is 0 Å². The van der Waals surface area contributed by atoms with Crippen molar-refractivity contribution in [1.29, 1.82) is 0 Å². The predicted molar refractivity (Wildman–Crippen MR) is 96.0 cm³/mol. The number of rotatable bonds is 4. The smallest absolute Gasteiger partial charge is 0.307 e. The van der Waals surface area contributed by atoms with Crippen LogP contribution >= 0.6 is 22.9 Å². The average Bonchev–Trinajstić information content (AvgIpc) is 2.84. The Hall–Kier alpha value is -2.22. The van der Waals surface area contributed by atoms with Crippen molar-refractivity contribution in [3.8, 4) is 10.6 Å². The van der Waals surface area contributed by atoms with Gasteiger partial charge >= 0.3 is 4.87 Å². The fourth-order valence-corrected chi connectivity index (χ4v) is 3.33. The zero-order chi connectivity index (χ0) is 17.3. The first-order valence-electron chi connectivity index (χ1n) is 7.15. The van der Waals surface area contributed by atoms with Crippen molar-refractivity contribution >= 4 is 34.6 Å². The lowest BCUT2D eigenvalue weighted by molar-refractivity contribution is 0.282. The summed E-state index contributed by atoms with van der Waals surface area (Å²) >= 11 is 7.15. The molecule has 0 unspecified atom stereocenters. The minimum absolute atomic E-state index is 0.0269. The quantitative estimate of drug-likeness (QED) is 0.745. The number of hydrogen-bond acceptors (Lipinski definition) is 6. The number of thiazole rings is 1. The van der Waals surface area contributed by atoms with E-state index in [1.54, 1.807) is 42.1 Å². The summed E-state index contributed by atoms with van der Waals surface area (Å²) in [6, 6.07) is 6.99. The van der Waals surface area contributed by atoms with Crippen molar-refractivity contribution in [2.75, 3.05) is 5.32 Å². The number of nitrogens with one attached hydrogen (secondary N) is 1. The van der Waals surface area contributed by atoms with Gasteiger partial charge in [0.2, 0.25) is 5.95 Å². The van der Waals surface area contributed by atoms with Gasteiger partial charge in [-0.2, -0.15) is 0 Å². The molecule has 1 aromatic carbocycles. The van der Waals surface area contributed by atoms with E-state index < -0.39 is 0 Å². The number of aliphatic hydroxyl groups excluding tert-OH is 1. The third kappa shape index (κ3) is 3.19. The van der Waals surface area contributed by atoms with Crippen molar-refractivity contribution in [3.63, 3.8) is 0 Å². The molecule has 2 aromatic heterocycles.